The summed E-state index contributed by atoms with van der Waals surface area (Å²) < 4.78 is 26.4. The van der Waals surface area contributed by atoms with Crippen LogP contribution in [0.1, 0.15) is 38.3 Å². The first-order chi connectivity index (χ1) is 15.9. The van der Waals surface area contributed by atoms with E-state index in [0.717, 1.165) is 21.7 Å². The van der Waals surface area contributed by atoms with Gasteiger partial charge < -0.3 is 10.2 Å². The second-order valence-electron chi connectivity index (χ2n) is 8.77. The maximum atomic E-state index is 13.6. The smallest absolute Gasteiger partial charge is 0.244 e. The van der Waals surface area contributed by atoms with E-state index in [1.165, 1.54) is 4.90 Å². The lowest BCUT2D eigenvalue weighted by atomic mass is 10.1. The molecule has 2 aromatic carbocycles. The molecule has 0 saturated heterocycles. The highest BCUT2D eigenvalue weighted by atomic mass is 35.5. The summed E-state index contributed by atoms with van der Waals surface area (Å²) in [5, 5.41) is 3.46. The van der Waals surface area contributed by atoms with Crippen LogP contribution in [0.3, 0.4) is 0 Å². The van der Waals surface area contributed by atoms with Crippen LogP contribution in [0.4, 0.5) is 5.69 Å². The van der Waals surface area contributed by atoms with Crippen molar-refractivity contribution >= 4 is 39.1 Å². The number of rotatable bonds is 11. The molecule has 0 aliphatic heterocycles. The van der Waals surface area contributed by atoms with E-state index < -0.39 is 28.5 Å². The first kappa shape index (κ1) is 27.7. The normalized spacial score (nSPS) is 12.3. The third-order valence-corrected chi connectivity index (χ3v) is 6.78. The highest BCUT2D eigenvalue weighted by Crippen LogP contribution is 2.23. The minimum atomic E-state index is -3.75. The van der Waals surface area contributed by atoms with Crippen LogP contribution in [-0.2, 0) is 26.2 Å². The fourth-order valence-electron chi connectivity index (χ4n) is 3.57. The predicted octanol–water partition coefficient (Wildman–Crippen LogP) is 3.99. The van der Waals surface area contributed by atoms with Gasteiger partial charge in [0.15, 0.2) is 0 Å². The van der Waals surface area contributed by atoms with Crippen LogP contribution in [0.25, 0.3) is 0 Å². The van der Waals surface area contributed by atoms with Crippen molar-refractivity contribution in [3.63, 3.8) is 0 Å². The zero-order chi connectivity index (χ0) is 25.5. The Morgan fingerprint density at radius 3 is 2.21 bits per heavy atom. The third-order valence-electron chi connectivity index (χ3n) is 5.40. The number of sulfonamides is 1. The van der Waals surface area contributed by atoms with Crippen LogP contribution >= 0.6 is 11.6 Å². The third kappa shape index (κ3) is 7.74. The summed E-state index contributed by atoms with van der Waals surface area (Å²) in [4.78, 5) is 28.1. The molecule has 2 amide bonds. The predicted molar refractivity (Wildman–Crippen MR) is 137 cm³/mol. The molecule has 0 heterocycles. The Hall–Kier alpha value is -2.58. The molecule has 1 atom stereocenters. The van der Waals surface area contributed by atoms with Gasteiger partial charge in [-0.25, -0.2) is 8.42 Å². The SMILES string of the molecule is CC[C@@H](C(=O)NCC(C)C)N(Cc1ccc(Cl)cc1)C(=O)CN(c1ccccc1C)S(C)(=O)=O. The average molecular weight is 508 g/mol. The summed E-state index contributed by atoms with van der Waals surface area (Å²) >= 11 is 6.01. The number of carbonyl (C=O) groups is 2. The number of nitrogens with zero attached hydrogens (tertiary/aromatic N) is 2. The second-order valence-corrected chi connectivity index (χ2v) is 11.1. The fraction of sp³-hybridized carbons (Fsp3) is 0.440. The Balaban J connectivity index is 2.42. The van der Waals surface area contributed by atoms with Crippen molar-refractivity contribution in [1.82, 2.24) is 10.2 Å². The molecule has 0 aliphatic rings. The van der Waals surface area contributed by atoms with Crippen LogP contribution in [0.15, 0.2) is 48.5 Å². The van der Waals surface area contributed by atoms with E-state index in [1.807, 2.05) is 20.8 Å². The number of benzene rings is 2. The molecule has 0 saturated carbocycles. The van der Waals surface area contributed by atoms with E-state index in [1.54, 1.807) is 55.5 Å². The van der Waals surface area contributed by atoms with E-state index >= 15 is 0 Å². The first-order valence-electron chi connectivity index (χ1n) is 11.3. The minimum Gasteiger partial charge on any atom is -0.354 e. The van der Waals surface area contributed by atoms with Gasteiger partial charge in [-0.05, 0) is 48.6 Å². The molecule has 0 fully saturated rings. The van der Waals surface area contributed by atoms with Crippen molar-refractivity contribution in [1.29, 1.82) is 0 Å². The summed E-state index contributed by atoms with van der Waals surface area (Å²) in [6.45, 7) is 7.82. The van der Waals surface area contributed by atoms with E-state index in [2.05, 4.69) is 5.32 Å². The number of carbonyl (C=O) groups excluding carboxylic acids is 2. The van der Waals surface area contributed by atoms with E-state index in [0.29, 0.717) is 23.7 Å². The topological polar surface area (TPSA) is 86.8 Å². The number of para-hydroxylation sites is 1. The van der Waals surface area contributed by atoms with Crippen molar-refractivity contribution in [2.75, 3.05) is 23.7 Å². The Morgan fingerprint density at radius 2 is 1.68 bits per heavy atom. The molecule has 0 radical (unpaired) electrons. The second kappa shape index (κ2) is 12.2. The zero-order valence-corrected chi connectivity index (χ0v) is 22.0. The number of aryl methyl sites for hydroxylation is 1. The average Bonchev–Trinajstić information content (AvgIpc) is 2.77. The van der Waals surface area contributed by atoms with E-state index in [9.17, 15) is 18.0 Å². The van der Waals surface area contributed by atoms with Gasteiger partial charge in [0.05, 0.1) is 11.9 Å². The molecule has 0 unspecified atom stereocenters. The van der Waals surface area contributed by atoms with Crippen molar-refractivity contribution in [3.05, 3.63) is 64.7 Å². The molecule has 0 spiro atoms. The largest absolute Gasteiger partial charge is 0.354 e. The van der Waals surface area contributed by atoms with E-state index in [-0.39, 0.29) is 18.4 Å². The number of amides is 2. The summed E-state index contributed by atoms with van der Waals surface area (Å²) in [5.41, 5.74) is 1.95. The van der Waals surface area contributed by atoms with Crippen LogP contribution in [0.5, 0.6) is 0 Å². The molecule has 9 heteroatoms. The highest BCUT2D eigenvalue weighted by molar-refractivity contribution is 7.92. The maximum absolute atomic E-state index is 13.6. The van der Waals surface area contributed by atoms with E-state index in [4.69, 9.17) is 11.6 Å². The van der Waals surface area contributed by atoms with Gasteiger partial charge in [-0.1, -0.05) is 62.7 Å². The van der Waals surface area contributed by atoms with Gasteiger partial charge in [-0.15, -0.1) is 0 Å². The first-order valence-corrected chi connectivity index (χ1v) is 13.5. The molecule has 186 valence electrons. The number of nitrogens with one attached hydrogen (secondary N) is 1. The standard InChI is InChI=1S/C25H34ClN3O4S/c1-6-22(25(31)27-15-18(2)3)28(16-20-11-13-21(26)14-12-20)24(30)17-29(34(5,32)33)23-10-8-7-9-19(23)4/h7-14,18,22H,6,15-17H2,1-5H3,(H,27,31)/t22-/m0/s1. The molecule has 34 heavy (non-hydrogen) atoms. The monoisotopic (exact) mass is 507 g/mol. The molecule has 1 N–H and O–H groups in total. The molecular formula is C25H34ClN3O4S. The number of halogens is 1. The van der Waals surface area contributed by atoms with Gasteiger partial charge in [-0.3, -0.25) is 13.9 Å². The van der Waals surface area contributed by atoms with Crippen molar-refractivity contribution < 1.29 is 18.0 Å². The Kier molecular flexibility index (Phi) is 9.94. The highest BCUT2D eigenvalue weighted by Gasteiger charge is 2.32. The van der Waals surface area contributed by atoms with Crippen molar-refractivity contribution in [2.45, 2.75) is 46.7 Å². The summed E-state index contributed by atoms with van der Waals surface area (Å²) in [7, 11) is -3.75. The van der Waals surface area contributed by atoms with Crippen LogP contribution in [0, 0.1) is 12.8 Å². The number of hydrogen-bond acceptors (Lipinski definition) is 4. The van der Waals surface area contributed by atoms with Gasteiger partial charge in [0, 0.05) is 18.1 Å². The quantitative estimate of drug-likeness (QED) is 0.498. The summed E-state index contributed by atoms with van der Waals surface area (Å²) in [6.07, 6.45) is 1.45. The molecule has 0 bridgehead atoms. The molecule has 0 aliphatic carbocycles. The summed E-state index contributed by atoms with van der Waals surface area (Å²) in [6, 6.07) is 13.3. The molecule has 2 aromatic rings. The number of anilines is 1. The Bertz CT molecular complexity index is 1090. The summed E-state index contributed by atoms with van der Waals surface area (Å²) in [5.74, 6) is -0.473. The molecule has 2 rings (SSSR count). The van der Waals surface area contributed by atoms with Crippen molar-refractivity contribution in [3.8, 4) is 0 Å². The van der Waals surface area contributed by atoms with Crippen LogP contribution in [0.2, 0.25) is 5.02 Å². The molecular weight excluding hydrogens is 474 g/mol. The Labute approximate surface area is 208 Å². The lowest BCUT2D eigenvalue weighted by Gasteiger charge is -2.33. The lowest BCUT2D eigenvalue weighted by Crippen LogP contribution is -2.52. The lowest BCUT2D eigenvalue weighted by molar-refractivity contribution is -0.140. The van der Waals surface area contributed by atoms with Crippen molar-refractivity contribution in [2.24, 2.45) is 5.92 Å². The zero-order valence-electron chi connectivity index (χ0n) is 20.4. The number of hydrogen-bond donors (Lipinski definition) is 1. The van der Waals surface area contributed by atoms with Crippen LogP contribution < -0.4 is 9.62 Å². The van der Waals surface area contributed by atoms with Gasteiger partial charge >= 0.3 is 0 Å². The molecule has 7 nitrogen and oxygen atoms in total. The van der Waals surface area contributed by atoms with Gasteiger partial charge in [0.2, 0.25) is 21.8 Å². The maximum Gasteiger partial charge on any atom is 0.244 e. The van der Waals surface area contributed by atoms with Crippen LogP contribution in [-0.4, -0.2) is 50.5 Å². The van der Waals surface area contributed by atoms with Gasteiger partial charge in [-0.2, -0.15) is 0 Å². The van der Waals surface area contributed by atoms with Gasteiger partial charge in [0.25, 0.3) is 0 Å². The fourth-order valence-corrected chi connectivity index (χ4v) is 4.60. The van der Waals surface area contributed by atoms with Gasteiger partial charge in [0.1, 0.15) is 12.6 Å². The minimum absolute atomic E-state index is 0.148. The molecule has 0 aromatic heterocycles. The Morgan fingerprint density at radius 1 is 1.06 bits per heavy atom.